The summed E-state index contributed by atoms with van der Waals surface area (Å²) in [5, 5.41) is 0. The number of rotatable bonds is 8. The van der Waals surface area contributed by atoms with Gasteiger partial charge in [0.05, 0.1) is 13.7 Å². The Morgan fingerprint density at radius 1 is 0.560 bits per heavy atom. The lowest BCUT2D eigenvalue weighted by Gasteiger charge is -2.42. The molecule has 4 aromatic rings. The summed E-state index contributed by atoms with van der Waals surface area (Å²) in [5.74, 6) is 0. The van der Waals surface area contributed by atoms with Crippen molar-refractivity contribution in [3.05, 3.63) is 129 Å². The van der Waals surface area contributed by atoms with Crippen LogP contribution in [0.2, 0.25) is 12.6 Å². The molecular weight excluding hydrogens is 621 g/mol. The smallest absolute Gasteiger partial charge is 0.0752 e. The average Bonchev–Trinajstić information content (AvgIpc) is 3.58. The number of allylic oxidation sites excluding steroid dienone is 2. The molecule has 0 spiro atoms. The Morgan fingerprint density at radius 2 is 0.960 bits per heavy atom. The molecular formula is C48H60OSi. The van der Waals surface area contributed by atoms with Gasteiger partial charge in [-0.25, -0.2) is 0 Å². The molecule has 0 aromatic heterocycles. The Bertz CT molecular complexity index is 1790. The van der Waals surface area contributed by atoms with Gasteiger partial charge < -0.3 is 4.74 Å². The van der Waals surface area contributed by atoms with Crippen LogP contribution < -0.4 is 0 Å². The summed E-state index contributed by atoms with van der Waals surface area (Å²) >= 11 is 0. The number of hydrogen-bond donors (Lipinski definition) is 0. The van der Waals surface area contributed by atoms with Crippen molar-refractivity contribution in [2.75, 3.05) is 6.61 Å². The lowest BCUT2D eigenvalue weighted by atomic mass is 9.86. The van der Waals surface area contributed by atoms with Crippen molar-refractivity contribution in [3.8, 4) is 22.3 Å². The van der Waals surface area contributed by atoms with E-state index < -0.39 is 8.07 Å². The molecule has 0 fully saturated rings. The number of ether oxygens (including phenoxy) is 1. The van der Waals surface area contributed by atoms with Crippen molar-refractivity contribution >= 4 is 20.2 Å². The van der Waals surface area contributed by atoms with E-state index in [9.17, 15) is 0 Å². The summed E-state index contributed by atoms with van der Waals surface area (Å²) in [4.78, 5) is 0. The van der Waals surface area contributed by atoms with Crippen molar-refractivity contribution in [1.82, 2.24) is 0 Å². The molecule has 2 atom stereocenters. The van der Waals surface area contributed by atoms with E-state index in [1.165, 1.54) is 72.8 Å². The van der Waals surface area contributed by atoms with Crippen LogP contribution in [0.4, 0.5) is 0 Å². The van der Waals surface area contributed by atoms with Crippen molar-refractivity contribution in [2.24, 2.45) is 0 Å². The second kappa shape index (κ2) is 13.3. The molecule has 0 amide bonds. The molecule has 50 heavy (non-hydrogen) atoms. The molecule has 6 rings (SSSR count). The molecule has 0 heterocycles. The van der Waals surface area contributed by atoms with E-state index >= 15 is 0 Å². The van der Waals surface area contributed by atoms with Gasteiger partial charge in [0.15, 0.2) is 0 Å². The first-order valence-corrected chi connectivity index (χ1v) is 21.7. The SMILES string of the molecule is CC1=Cc2c(-c3ccc(C(C)(C)C)cc3)cccc2C1[Si](C)(CCCOC(C)(C)C)C1C(C)=Cc2c(-c3ccc(C(C)(C)C)cc3)cccc21. The van der Waals surface area contributed by atoms with E-state index in [0.717, 1.165) is 13.0 Å². The summed E-state index contributed by atoms with van der Waals surface area (Å²) in [5.41, 5.74) is 18.1. The summed E-state index contributed by atoms with van der Waals surface area (Å²) in [6, 6.07) is 34.0. The summed E-state index contributed by atoms with van der Waals surface area (Å²) in [6.07, 6.45) is 6.15. The highest BCUT2D eigenvalue weighted by Crippen LogP contribution is 2.56. The third-order valence-corrected chi connectivity index (χ3v) is 17.0. The maximum absolute atomic E-state index is 6.36. The minimum Gasteiger partial charge on any atom is -0.376 e. The zero-order valence-electron chi connectivity index (χ0n) is 32.9. The fourth-order valence-corrected chi connectivity index (χ4v) is 14.9. The highest BCUT2D eigenvalue weighted by Gasteiger charge is 2.50. The van der Waals surface area contributed by atoms with Crippen LogP contribution >= 0.6 is 0 Å². The Labute approximate surface area is 304 Å². The van der Waals surface area contributed by atoms with Gasteiger partial charge in [0.1, 0.15) is 0 Å². The molecule has 4 aromatic carbocycles. The third kappa shape index (κ3) is 7.04. The highest BCUT2D eigenvalue weighted by molar-refractivity contribution is 6.83. The Hall–Kier alpha value is -3.46. The molecule has 2 aliphatic rings. The standard InChI is InChI=1S/C48H60OSi/c1-32-30-42-38(34-20-24-36(25-21-34)46(3,4)5)16-13-18-40(42)44(32)50(12,29-15-28-49-48(9,10)11)45-33(2)31-43-39(17-14-19-41(43)45)35-22-26-37(27-23-35)47(6,7)8/h13-14,16-27,30-31,44-45H,15,28-29H2,1-12H3. The van der Waals surface area contributed by atoms with E-state index in [0.29, 0.717) is 11.1 Å². The van der Waals surface area contributed by atoms with E-state index in [1.54, 1.807) is 0 Å². The van der Waals surface area contributed by atoms with Crippen LogP contribution in [-0.4, -0.2) is 20.3 Å². The van der Waals surface area contributed by atoms with Crippen molar-refractivity contribution in [2.45, 2.75) is 123 Å². The topological polar surface area (TPSA) is 9.23 Å². The predicted octanol–water partition coefficient (Wildman–Crippen LogP) is 13.7. The molecule has 1 nitrogen and oxygen atoms in total. The van der Waals surface area contributed by atoms with Crippen molar-refractivity contribution in [1.29, 1.82) is 0 Å². The maximum Gasteiger partial charge on any atom is 0.0752 e. The monoisotopic (exact) mass is 680 g/mol. The fourth-order valence-electron chi connectivity index (χ4n) is 8.94. The summed E-state index contributed by atoms with van der Waals surface area (Å²) < 4.78 is 6.36. The van der Waals surface area contributed by atoms with Crippen LogP contribution in [0.3, 0.4) is 0 Å². The number of benzene rings is 4. The van der Waals surface area contributed by atoms with Crippen LogP contribution in [0, 0.1) is 0 Å². The van der Waals surface area contributed by atoms with Gasteiger partial charge >= 0.3 is 0 Å². The van der Waals surface area contributed by atoms with Gasteiger partial charge in [0.2, 0.25) is 0 Å². The first-order valence-electron chi connectivity index (χ1n) is 18.9. The predicted molar refractivity (Wildman–Crippen MR) is 221 cm³/mol. The normalized spacial score (nSPS) is 18.7. The second-order valence-corrected chi connectivity index (χ2v) is 23.2. The Kier molecular flexibility index (Phi) is 9.63. The summed E-state index contributed by atoms with van der Waals surface area (Å²) in [6.45, 7) is 28.6. The van der Waals surface area contributed by atoms with Crippen molar-refractivity contribution in [3.63, 3.8) is 0 Å². The van der Waals surface area contributed by atoms with Crippen LogP contribution in [-0.2, 0) is 15.6 Å². The Morgan fingerprint density at radius 3 is 1.32 bits per heavy atom. The lowest BCUT2D eigenvalue weighted by molar-refractivity contribution is -0.00251. The lowest BCUT2D eigenvalue weighted by Crippen LogP contribution is -2.45. The van der Waals surface area contributed by atoms with E-state index in [4.69, 9.17) is 4.74 Å². The molecule has 262 valence electrons. The third-order valence-electron chi connectivity index (χ3n) is 11.4. The van der Waals surface area contributed by atoms with Gasteiger partial charge in [-0.05, 0) is 108 Å². The van der Waals surface area contributed by atoms with Gasteiger partial charge in [-0.3, -0.25) is 0 Å². The van der Waals surface area contributed by atoms with Gasteiger partial charge in [0, 0.05) is 17.7 Å². The van der Waals surface area contributed by atoms with E-state index in [1.807, 2.05) is 0 Å². The largest absolute Gasteiger partial charge is 0.376 e. The number of fused-ring (bicyclic) bond motifs is 2. The highest BCUT2D eigenvalue weighted by atomic mass is 28.3. The van der Waals surface area contributed by atoms with Gasteiger partial charge in [-0.15, -0.1) is 0 Å². The van der Waals surface area contributed by atoms with Crippen LogP contribution in [0.15, 0.2) is 96.1 Å². The summed E-state index contributed by atoms with van der Waals surface area (Å²) in [7, 11) is -2.14. The van der Waals surface area contributed by atoms with Gasteiger partial charge in [-0.2, -0.15) is 0 Å². The quantitative estimate of drug-likeness (QED) is 0.133. The van der Waals surface area contributed by atoms with E-state index in [-0.39, 0.29) is 16.4 Å². The molecule has 0 aliphatic heterocycles. The van der Waals surface area contributed by atoms with Gasteiger partial charge in [-0.1, -0.05) is 162 Å². The van der Waals surface area contributed by atoms with Crippen molar-refractivity contribution < 1.29 is 4.74 Å². The second-order valence-electron chi connectivity index (χ2n) is 18.5. The minimum atomic E-state index is -2.14. The molecule has 2 unspecified atom stereocenters. The first kappa shape index (κ1) is 36.3. The molecule has 2 aliphatic carbocycles. The minimum absolute atomic E-state index is 0.127. The molecule has 0 saturated heterocycles. The number of hydrogen-bond acceptors (Lipinski definition) is 1. The Balaban J connectivity index is 1.43. The fraction of sp³-hybridized carbons (Fsp3) is 0.417. The van der Waals surface area contributed by atoms with Crippen LogP contribution in [0.25, 0.3) is 34.4 Å². The molecule has 2 heteroatoms. The molecule has 0 saturated carbocycles. The zero-order valence-corrected chi connectivity index (χ0v) is 33.9. The van der Waals surface area contributed by atoms with Crippen LogP contribution in [0.1, 0.15) is 127 Å². The molecule has 0 N–H and O–H groups in total. The van der Waals surface area contributed by atoms with Gasteiger partial charge in [0.25, 0.3) is 0 Å². The average molecular weight is 681 g/mol. The van der Waals surface area contributed by atoms with Crippen LogP contribution in [0.5, 0.6) is 0 Å². The first-order chi connectivity index (χ1) is 23.4. The van der Waals surface area contributed by atoms with E-state index in [2.05, 4.69) is 180 Å². The molecule has 0 bridgehead atoms. The maximum atomic E-state index is 6.36. The zero-order chi connectivity index (χ0) is 36.2. The molecule has 0 radical (unpaired) electrons.